The lowest BCUT2D eigenvalue weighted by Gasteiger charge is -2.15. The number of pyridine rings is 1. The summed E-state index contributed by atoms with van der Waals surface area (Å²) in [5, 5.41) is 6.70. The second-order valence-electron chi connectivity index (χ2n) is 4.07. The van der Waals surface area contributed by atoms with Gasteiger partial charge in [-0.1, -0.05) is 6.92 Å². The molecule has 18 heavy (non-hydrogen) atoms. The fraction of sp³-hybridized carbons (Fsp3) is 0.385. The predicted molar refractivity (Wildman–Crippen MR) is 78.9 cm³/mol. The van der Waals surface area contributed by atoms with Crippen LogP contribution in [0.4, 0.5) is 0 Å². The molecule has 1 atom stereocenters. The minimum Gasteiger partial charge on any atom is -0.309 e. The molecule has 5 heteroatoms. The fourth-order valence-electron chi connectivity index (χ4n) is 1.80. The van der Waals surface area contributed by atoms with E-state index < -0.39 is 0 Å². The number of thiazole rings is 1. The maximum Gasteiger partial charge on any atom is 0.0898 e. The number of aryl methyl sites for hydroxylation is 1. The fourth-order valence-corrected chi connectivity index (χ4v) is 2.71. The highest BCUT2D eigenvalue weighted by Crippen LogP contribution is 2.20. The number of nitrogens with one attached hydrogen (secondary N) is 1. The molecule has 0 bridgehead atoms. The Balaban J connectivity index is 2.13. The van der Waals surface area contributed by atoms with Crippen LogP contribution in [-0.2, 0) is 6.42 Å². The molecular formula is C13H16BrN3S. The summed E-state index contributed by atoms with van der Waals surface area (Å²) in [5.41, 5.74) is 2.19. The minimum absolute atomic E-state index is 0.244. The summed E-state index contributed by atoms with van der Waals surface area (Å²) in [6.45, 7) is 5.08. The van der Waals surface area contributed by atoms with E-state index in [1.807, 2.05) is 25.3 Å². The van der Waals surface area contributed by atoms with E-state index in [1.54, 1.807) is 11.3 Å². The molecule has 0 radical (unpaired) electrons. The second-order valence-corrected chi connectivity index (χ2v) is 6.05. The molecule has 1 unspecified atom stereocenters. The molecule has 2 heterocycles. The number of aromatic nitrogens is 2. The maximum atomic E-state index is 4.56. The zero-order chi connectivity index (χ0) is 13.0. The molecule has 0 aromatic carbocycles. The van der Waals surface area contributed by atoms with Crippen LogP contribution in [-0.4, -0.2) is 16.5 Å². The van der Waals surface area contributed by atoms with Crippen LogP contribution in [0, 0.1) is 6.92 Å². The largest absolute Gasteiger partial charge is 0.309 e. The average Bonchev–Trinajstić information content (AvgIpc) is 2.78. The summed E-state index contributed by atoms with van der Waals surface area (Å²) in [5.74, 6) is 0. The highest BCUT2D eigenvalue weighted by Gasteiger charge is 2.14. The van der Waals surface area contributed by atoms with Crippen LogP contribution in [0.3, 0.4) is 0 Å². The van der Waals surface area contributed by atoms with Crippen LogP contribution < -0.4 is 5.32 Å². The summed E-state index contributed by atoms with van der Waals surface area (Å²) < 4.78 is 1.01. The quantitative estimate of drug-likeness (QED) is 0.914. The molecule has 1 N–H and O–H groups in total. The van der Waals surface area contributed by atoms with Crippen molar-refractivity contribution in [1.82, 2.24) is 15.3 Å². The summed E-state index contributed by atoms with van der Waals surface area (Å²) >= 11 is 5.09. The molecule has 0 aliphatic rings. The molecule has 96 valence electrons. The van der Waals surface area contributed by atoms with Crippen molar-refractivity contribution in [3.05, 3.63) is 44.6 Å². The van der Waals surface area contributed by atoms with Crippen LogP contribution in [0.25, 0.3) is 0 Å². The van der Waals surface area contributed by atoms with Gasteiger partial charge in [-0.2, -0.15) is 0 Å². The van der Waals surface area contributed by atoms with Crippen molar-refractivity contribution in [2.24, 2.45) is 0 Å². The molecule has 3 nitrogen and oxygen atoms in total. The maximum absolute atomic E-state index is 4.56. The zero-order valence-corrected chi connectivity index (χ0v) is 12.9. The summed E-state index contributed by atoms with van der Waals surface area (Å²) in [6.07, 6.45) is 2.70. The lowest BCUT2D eigenvalue weighted by atomic mass is 10.1. The smallest absolute Gasteiger partial charge is 0.0898 e. The first kappa shape index (κ1) is 13.6. The number of halogens is 1. The third kappa shape index (κ3) is 3.60. The number of likely N-dealkylation sites (N-methyl/N-ethyl adjacent to an activating group) is 1. The first-order valence-corrected chi connectivity index (χ1v) is 7.62. The van der Waals surface area contributed by atoms with E-state index >= 15 is 0 Å². The second kappa shape index (κ2) is 6.41. The molecule has 2 rings (SSSR count). The van der Waals surface area contributed by atoms with Crippen LogP contribution >= 0.6 is 27.3 Å². The van der Waals surface area contributed by atoms with Gasteiger partial charge >= 0.3 is 0 Å². The average molecular weight is 326 g/mol. The van der Waals surface area contributed by atoms with Gasteiger partial charge in [-0.3, -0.25) is 4.98 Å². The van der Waals surface area contributed by atoms with Gasteiger partial charge in [-0.25, -0.2) is 4.98 Å². The third-order valence-corrected chi connectivity index (χ3v) is 3.91. The molecule has 0 spiro atoms. The van der Waals surface area contributed by atoms with E-state index in [1.165, 1.54) is 0 Å². The summed E-state index contributed by atoms with van der Waals surface area (Å²) in [7, 11) is 0. The Bertz CT molecular complexity index is 495. The van der Waals surface area contributed by atoms with Crippen molar-refractivity contribution in [2.45, 2.75) is 26.3 Å². The van der Waals surface area contributed by atoms with Gasteiger partial charge in [-0.15, -0.1) is 11.3 Å². The lowest BCUT2D eigenvalue weighted by Crippen LogP contribution is -2.23. The van der Waals surface area contributed by atoms with Gasteiger partial charge < -0.3 is 5.32 Å². The molecule has 0 aliphatic heterocycles. The topological polar surface area (TPSA) is 37.8 Å². The number of nitrogens with zero attached hydrogens (tertiary/aromatic N) is 2. The Morgan fingerprint density at radius 2 is 2.28 bits per heavy atom. The van der Waals surface area contributed by atoms with E-state index in [4.69, 9.17) is 0 Å². The Hall–Kier alpha value is -0.780. The standard InChI is InChI=1S/C13H16BrN3S/c1-3-15-12(13-8-18-9(2)17-13)6-11-5-4-10(14)7-16-11/h4-5,7-8,12,15H,3,6H2,1-2H3. The van der Waals surface area contributed by atoms with Crippen molar-refractivity contribution < 1.29 is 0 Å². The van der Waals surface area contributed by atoms with Crippen LogP contribution in [0.1, 0.15) is 29.4 Å². The van der Waals surface area contributed by atoms with E-state index in [9.17, 15) is 0 Å². The summed E-state index contributed by atoms with van der Waals surface area (Å²) in [4.78, 5) is 8.98. The van der Waals surface area contributed by atoms with E-state index in [0.717, 1.165) is 33.8 Å². The number of rotatable bonds is 5. The number of hydrogen-bond donors (Lipinski definition) is 1. The predicted octanol–water partition coefficient (Wildman–Crippen LogP) is 3.50. The molecule has 0 amide bonds. The van der Waals surface area contributed by atoms with Crippen LogP contribution in [0.15, 0.2) is 28.2 Å². The highest BCUT2D eigenvalue weighted by molar-refractivity contribution is 9.10. The van der Waals surface area contributed by atoms with Crippen molar-refractivity contribution in [2.75, 3.05) is 6.54 Å². The molecule has 0 saturated heterocycles. The third-order valence-electron chi connectivity index (χ3n) is 2.65. The van der Waals surface area contributed by atoms with Gasteiger partial charge in [0.1, 0.15) is 0 Å². The zero-order valence-electron chi connectivity index (χ0n) is 10.5. The van der Waals surface area contributed by atoms with Crippen LogP contribution in [0.5, 0.6) is 0 Å². The SMILES string of the molecule is CCNC(Cc1ccc(Br)cn1)c1csc(C)n1. The molecule has 0 fully saturated rings. The van der Waals surface area contributed by atoms with E-state index in [-0.39, 0.29) is 6.04 Å². The molecule has 2 aromatic rings. The first-order valence-electron chi connectivity index (χ1n) is 5.95. The van der Waals surface area contributed by atoms with E-state index in [2.05, 4.69) is 43.5 Å². The molecule has 0 saturated carbocycles. The highest BCUT2D eigenvalue weighted by atomic mass is 79.9. The molecular weight excluding hydrogens is 310 g/mol. The van der Waals surface area contributed by atoms with Crippen molar-refractivity contribution in [3.63, 3.8) is 0 Å². The Labute approximate surface area is 120 Å². The lowest BCUT2D eigenvalue weighted by molar-refractivity contribution is 0.533. The Kier molecular flexibility index (Phi) is 4.86. The van der Waals surface area contributed by atoms with Gasteiger partial charge in [0.2, 0.25) is 0 Å². The summed E-state index contributed by atoms with van der Waals surface area (Å²) in [6, 6.07) is 4.32. The van der Waals surface area contributed by atoms with Crippen LogP contribution in [0.2, 0.25) is 0 Å². The Morgan fingerprint density at radius 1 is 1.44 bits per heavy atom. The number of hydrogen-bond acceptors (Lipinski definition) is 4. The normalized spacial score (nSPS) is 12.6. The van der Waals surface area contributed by atoms with E-state index in [0.29, 0.717) is 0 Å². The molecule has 2 aromatic heterocycles. The van der Waals surface area contributed by atoms with Crippen molar-refractivity contribution in [3.8, 4) is 0 Å². The Morgan fingerprint density at radius 3 is 2.83 bits per heavy atom. The van der Waals surface area contributed by atoms with Gasteiger partial charge in [0.05, 0.1) is 16.7 Å². The van der Waals surface area contributed by atoms with Gasteiger partial charge in [0, 0.05) is 28.2 Å². The minimum atomic E-state index is 0.244. The van der Waals surface area contributed by atoms with Crippen molar-refractivity contribution in [1.29, 1.82) is 0 Å². The van der Waals surface area contributed by atoms with Gasteiger partial charge in [0.15, 0.2) is 0 Å². The first-order chi connectivity index (χ1) is 8.69. The van der Waals surface area contributed by atoms with Gasteiger partial charge in [0.25, 0.3) is 0 Å². The monoisotopic (exact) mass is 325 g/mol. The molecule has 0 aliphatic carbocycles. The van der Waals surface area contributed by atoms with Crippen molar-refractivity contribution >= 4 is 27.3 Å². The van der Waals surface area contributed by atoms with Gasteiger partial charge in [-0.05, 0) is 41.5 Å².